The lowest BCUT2D eigenvalue weighted by Crippen LogP contribution is -2.36. The monoisotopic (exact) mass is 414 g/mol. The van der Waals surface area contributed by atoms with E-state index in [9.17, 15) is 9.59 Å². The summed E-state index contributed by atoms with van der Waals surface area (Å²) in [6.45, 7) is 4.29. The van der Waals surface area contributed by atoms with E-state index in [1.165, 1.54) is 0 Å². The summed E-state index contributed by atoms with van der Waals surface area (Å²) in [7, 11) is 0. The molecule has 0 radical (unpaired) electrons. The Bertz CT molecular complexity index is 1050. The highest BCUT2D eigenvalue weighted by Crippen LogP contribution is 2.21. The molecule has 1 atom stereocenters. The van der Waals surface area contributed by atoms with Gasteiger partial charge >= 0.3 is 0 Å². The SMILES string of the molecule is CCOc1ccccc1/C=C(/NC(=O)c1ccccc1)C(=O)N[C@H](C)c1ccccc1. The molecule has 0 spiro atoms. The summed E-state index contributed by atoms with van der Waals surface area (Å²) in [6.07, 6.45) is 1.64. The van der Waals surface area contributed by atoms with Crippen molar-refractivity contribution in [3.63, 3.8) is 0 Å². The maximum absolute atomic E-state index is 13.1. The van der Waals surface area contributed by atoms with Gasteiger partial charge in [-0.05, 0) is 43.7 Å². The minimum Gasteiger partial charge on any atom is -0.493 e. The molecule has 0 heterocycles. The fraction of sp³-hybridized carbons (Fsp3) is 0.154. The van der Waals surface area contributed by atoms with Gasteiger partial charge in [-0.2, -0.15) is 0 Å². The Balaban J connectivity index is 1.90. The first-order chi connectivity index (χ1) is 15.1. The summed E-state index contributed by atoms with van der Waals surface area (Å²) < 4.78 is 5.67. The molecule has 0 unspecified atom stereocenters. The molecule has 2 N–H and O–H groups in total. The van der Waals surface area contributed by atoms with Crippen molar-refractivity contribution in [3.8, 4) is 5.75 Å². The zero-order valence-electron chi connectivity index (χ0n) is 17.7. The van der Waals surface area contributed by atoms with Crippen LogP contribution in [0.1, 0.15) is 41.4 Å². The second kappa shape index (κ2) is 10.8. The van der Waals surface area contributed by atoms with Gasteiger partial charge in [0.15, 0.2) is 0 Å². The van der Waals surface area contributed by atoms with Crippen LogP contribution in [-0.2, 0) is 4.79 Å². The number of rotatable bonds is 8. The van der Waals surface area contributed by atoms with Crippen LogP contribution in [0, 0.1) is 0 Å². The van der Waals surface area contributed by atoms with Crippen LogP contribution < -0.4 is 15.4 Å². The predicted octanol–water partition coefficient (Wildman–Crippen LogP) is 4.73. The Morgan fingerprint density at radius 3 is 2.19 bits per heavy atom. The third kappa shape index (κ3) is 6.06. The number of para-hydroxylation sites is 1. The van der Waals surface area contributed by atoms with Crippen molar-refractivity contribution in [2.24, 2.45) is 0 Å². The molecule has 0 aromatic heterocycles. The molecule has 0 saturated heterocycles. The van der Waals surface area contributed by atoms with Crippen LogP contribution in [0.5, 0.6) is 5.75 Å². The van der Waals surface area contributed by atoms with E-state index >= 15 is 0 Å². The van der Waals surface area contributed by atoms with E-state index in [1.54, 1.807) is 30.3 Å². The van der Waals surface area contributed by atoms with Gasteiger partial charge in [0.05, 0.1) is 12.6 Å². The van der Waals surface area contributed by atoms with Crippen molar-refractivity contribution in [1.82, 2.24) is 10.6 Å². The summed E-state index contributed by atoms with van der Waals surface area (Å²) in [5.41, 5.74) is 2.29. The van der Waals surface area contributed by atoms with Crippen LogP contribution in [0.15, 0.2) is 90.6 Å². The van der Waals surface area contributed by atoms with Crippen LogP contribution in [0.25, 0.3) is 6.08 Å². The second-order valence-corrected chi connectivity index (χ2v) is 6.95. The molecule has 0 fully saturated rings. The summed E-state index contributed by atoms with van der Waals surface area (Å²) >= 11 is 0. The molecule has 3 aromatic rings. The van der Waals surface area contributed by atoms with E-state index in [2.05, 4.69) is 10.6 Å². The zero-order chi connectivity index (χ0) is 22.1. The number of benzene rings is 3. The highest BCUT2D eigenvalue weighted by molar-refractivity contribution is 6.05. The maximum atomic E-state index is 13.1. The molecule has 3 rings (SSSR count). The Kier molecular flexibility index (Phi) is 7.60. The molecule has 5 nitrogen and oxygen atoms in total. The van der Waals surface area contributed by atoms with Crippen LogP contribution in [-0.4, -0.2) is 18.4 Å². The summed E-state index contributed by atoms with van der Waals surface area (Å²) in [5.74, 6) is -0.101. The van der Waals surface area contributed by atoms with Gasteiger partial charge in [-0.3, -0.25) is 9.59 Å². The molecule has 0 aliphatic rings. The quantitative estimate of drug-likeness (QED) is 0.524. The average Bonchev–Trinajstić information content (AvgIpc) is 2.81. The molecular formula is C26H26N2O3. The molecule has 5 heteroatoms. The first-order valence-electron chi connectivity index (χ1n) is 10.2. The van der Waals surface area contributed by atoms with Gasteiger partial charge in [-0.15, -0.1) is 0 Å². The van der Waals surface area contributed by atoms with Gasteiger partial charge in [-0.1, -0.05) is 66.7 Å². The van der Waals surface area contributed by atoms with Crippen molar-refractivity contribution in [2.45, 2.75) is 19.9 Å². The second-order valence-electron chi connectivity index (χ2n) is 6.95. The van der Waals surface area contributed by atoms with Crippen LogP contribution in [0.4, 0.5) is 0 Å². The number of nitrogens with one attached hydrogen (secondary N) is 2. The largest absolute Gasteiger partial charge is 0.493 e. The molecule has 158 valence electrons. The molecule has 0 aliphatic heterocycles. The van der Waals surface area contributed by atoms with Gasteiger partial charge in [0.1, 0.15) is 11.4 Å². The van der Waals surface area contributed by atoms with Crippen molar-refractivity contribution in [2.75, 3.05) is 6.61 Å². The molecule has 0 aliphatic carbocycles. The van der Waals surface area contributed by atoms with Crippen LogP contribution >= 0.6 is 0 Å². The van der Waals surface area contributed by atoms with E-state index in [1.807, 2.05) is 74.5 Å². The van der Waals surface area contributed by atoms with E-state index in [0.717, 1.165) is 5.56 Å². The standard InChI is InChI=1S/C26H26N2O3/c1-3-31-24-17-11-10-16-22(24)18-23(28-25(29)21-14-8-5-9-15-21)26(30)27-19(2)20-12-6-4-7-13-20/h4-19H,3H2,1-2H3,(H,27,30)(H,28,29)/b23-18+/t19-/m1/s1. The van der Waals surface area contributed by atoms with Gasteiger partial charge in [-0.25, -0.2) is 0 Å². The Morgan fingerprint density at radius 2 is 1.52 bits per heavy atom. The summed E-state index contributed by atoms with van der Waals surface area (Å²) in [6, 6.07) is 25.6. The lowest BCUT2D eigenvalue weighted by atomic mass is 10.1. The highest BCUT2D eigenvalue weighted by Gasteiger charge is 2.18. The number of carbonyl (C=O) groups excluding carboxylic acids is 2. The third-order valence-electron chi connectivity index (χ3n) is 4.69. The van der Waals surface area contributed by atoms with E-state index < -0.39 is 0 Å². The van der Waals surface area contributed by atoms with Gasteiger partial charge in [0, 0.05) is 11.1 Å². The van der Waals surface area contributed by atoms with Crippen molar-refractivity contribution < 1.29 is 14.3 Å². The fourth-order valence-electron chi connectivity index (χ4n) is 3.08. The minimum absolute atomic E-state index is 0.142. The summed E-state index contributed by atoms with van der Waals surface area (Å²) in [4.78, 5) is 25.9. The fourth-order valence-corrected chi connectivity index (χ4v) is 3.08. The molecule has 31 heavy (non-hydrogen) atoms. The number of ether oxygens (including phenoxy) is 1. The molecule has 2 amide bonds. The number of hydrogen-bond donors (Lipinski definition) is 2. The zero-order valence-corrected chi connectivity index (χ0v) is 17.7. The predicted molar refractivity (Wildman–Crippen MR) is 122 cm³/mol. The average molecular weight is 415 g/mol. The third-order valence-corrected chi connectivity index (χ3v) is 4.69. The normalized spacial score (nSPS) is 12.0. The Hall–Kier alpha value is -3.86. The lowest BCUT2D eigenvalue weighted by molar-refractivity contribution is -0.118. The molecular weight excluding hydrogens is 388 g/mol. The van der Waals surface area contributed by atoms with E-state index in [4.69, 9.17) is 4.74 Å². The van der Waals surface area contributed by atoms with Crippen molar-refractivity contribution in [1.29, 1.82) is 0 Å². The van der Waals surface area contributed by atoms with Gasteiger partial charge in [0.2, 0.25) is 0 Å². The maximum Gasteiger partial charge on any atom is 0.268 e. The molecule has 3 aromatic carbocycles. The van der Waals surface area contributed by atoms with E-state index in [-0.39, 0.29) is 23.6 Å². The lowest BCUT2D eigenvalue weighted by Gasteiger charge is -2.17. The first kappa shape index (κ1) is 21.8. The smallest absolute Gasteiger partial charge is 0.268 e. The van der Waals surface area contributed by atoms with Crippen molar-refractivity contribution >= 4 is 17.9 Å². The number of hydrogen-bond acceptors (Lipinski definition) is 3. The summed E-state index contributed by atoms with van der Waals surface area (Å²) in [5, 5.41) is 5.72. The highest BCUT2D eigenvalue weighted by atomic mass is 16.5. The number of carbonyl (C=O) groups is 2. The van der Waals surface area contributed by atoms with Crippen molar-refractivity contribution in [3.05, 3.63) is 107 Å². The van der Waals surface area contributed by atoms with Crippen LogP contribution in [0.3, 0.4) is 0 Å². The van der Waals surface area contributed by atoms with Crippen LogP contribution in [0.2, 0.25) is 0 Å². The number of amides is 2. The van der Waals surface area contributed by atoms with Gasteiger partial charge < -0.3 is 15.4 Å². The molecule has 0 bridgehead atoms. The minimum atomic E-state index is -0.382. The van der Waals surface area contributed by atoms with E-state index in [0.29, 0.717) is 23.5 Å². The Labute approximate surface area is 182 Å². The Morgan fingerprint density at radius 1 is 0.903 bits per heavy atom. The first-order valence-corrected chi connectivity index (χ1v) is 10.2. The topological polar surface area (TPSA) is 67.4 Å². The van der Waals surface area contributed by atoms with Gasteiger partial charge in [0.25, 0.3) is 11.8 Å². The molecule has 0 saturated carbocycles.